The number of rotatable bonds is 3. The van der Waals surface area contributed by atoms with Crippen molar-refractivity contribution >= 4 is 20.0 Å². The summed E-state index contributed by atoms with van der Waals surface area (Å²) in [7, 11) is -8.05. The number of nitrogens with one attached hydrogen (secondary N) is 1. The van der Waals surface area contributed by atoms with Crippen LogP contribution >= 0.6 is 0 Å². The van der Waals surface area contributed by atoms with Crippen LogP contribution in [0, 0.1) is 6.92 Å². The van der Waals surface area contributed by atoms with Crippen molar-refractivity contribution in [3.8, 4) is 5.75 Å². The second-order valence-corrected chi connectivity index (χ2v) is 6.97. The zero-order valence-electron chi connectivity index (χ0n) is 8.63. The Morgan fingerprint density at radius 1 is 1.19 bits per heavy atom. The van der Waals surface area contributed by atoms with Crippen molar-refractivity contribution in [1.29, 1.82) is 0 Å². The van der Waals surface area contributed by atoms with Gasteiger partial charge in [0.2, 0.25) is 10.0 Å². The molecule has 0 saturated heterocycles. The summed E-state index contributed by atoms with van der Waals surface area (Å²) in [6, 6.07) is 3.68. The highest BCUT2D eigenvalue weighted by Crippen LogP contribution is 2.20. The van der Waals surface area contributed by atoms with Crippen LogP contribution in [-0.4, -0.2) is 28.2 Å². The van der Waals surface area contributed by atoms with Gasteiger partial charge < -0.3 is 5.11 Å². The molecule has 0 aliphatic rings. The molecule has 16 heavy (non-hydrogen) atoms. The van der Waals surface area contributed by atoms with Crippen LogP contribution in [-0.2, 0) is 20.0 Å². The third-order valence-electron chi connectivity index (χ3n) is 1.72. The predicted octanol–water partition coefficient (Wildman–Crippen LogP) is -0.0615. The SMILES string of the molecule is Cc1ccc(O)cc1S(=O)(=O)NS(C)(=O)=O. The fourth-order valence-corrected chi connectivity index (χ4v) is 3.84. The van der Waals surface area contributed by atoms with Crippen LogP contribution in [0.3, 0.4) is 0 Å². The lowest BCUT2D eigenvalue weighted by atomic mass is 10.2. The van der Waals surface area contributed by atoms with E-state index in [1.54, 1.807) is 0 Å². The van der Waals surface area contributed by atoms with Crippen LogP contribution in [0.2, 0.25) is 0 Å². The smallest absolute Gasteiger partial charge is 0.253 e. The fourth-order valence-electron chi connectivity index (χ4n) is 1.12. The number of hydrogen-bond acceptors (Lipinski definition) is 5. The molecule has 0 heterocycles. The van der Waals surface area contributed by atoms with Gasteiger partial charge in [0.1, 0.15) is 5.75 Å². The molecule has 0 aliphatic heterocycles. The number of phenols is 1. The Kier molecular flexibility index (Phi) is 3.27. The lowest BCUT2D eigenvalue weighted by molar-refractivity contribution is 0.472. The molecule has 0 spiro atoms. The summed E-state index contributed by atoms with van der Waals surface area (Å²) in [5.74, 6) is -0.250. The molecule has 0 radical (unpaired) electrons. The van der Waals surface area contributed by atoms with Gasteiger partial charge in [0.15, 0.2) is 0 Å². The van der Waals surface area contributed by atoms with Gasteiger partial charge in [-0.25, -0.2) is 16.8 Å². The van der Waals surface area contributed by atoms with Gasteiger partial charge in [-0.2, -0.15) is 0 Å². The van der Waals surface area contributed by atoms with Gasteiger partial charge in [-0.15, -0.1) is 4.13 Å². The second kappa shape index (κ2) is 4.04. The number of phenolic OH excluding ortho intramolecular Hbond substituents is 1. The average molecular weight is 265 g/mol. The highest BCUT2D eigenvalue weighted by atomic mass is 32.3. The number of aromatic hydroxyl groups is 1. The van der Waals surface area contributed by atoms with Crippen molar-refractivity contribution in [2.24, 2.45) is 0 Å². The summed E-state index contributed by atoms with van der Waals surface area (Å²) in [6.45, 7) is 1.50. The lowest BCUT2D eigenvalue weighted by Gasteiger charge is -2.07. The molecule has 0 amide bonds. The Bertz CT molecular complexity index is 603. The molecule has 0 unspecified atom stereocenters. The summed E-state index contributed by atoms with van der Waals surface area (Å²) < 4.78 is 46.5. The fraction of sp³-hybridized carbons (Fsp3) is 0.250. The largest absolute Gasteiger partial charge is 0.508 e. The van der Waals surface area contributed by atoms with Gasteiger partial charge in [-0.3, -0.25) is 0 Å². The number of aryl methyl sites for hydroxylation is 1. The van der Waals surface area contributed by atoms with Gasteiger partial charge in [-0.1, -0.05) is 6.07 Å². The summed E-state index contributed by atoms with van der Waals surface area (Å²) in [6.07, 6.45) is 0.739. The van der Waals surface area contributed by atoms with Gasteiger partial charge in [0.05, 0.1) is 11.2 Å². The molecule has 8 heteroatoms. The van der Waals surface area contributed by atoms with Crippen LogP contribution in [0.25, 0.3) is 0 Å². The third kappa shape index (κ3) is 3.19. The summed E-state index contributed by atoms with van der Waals surface area (Å²) in [5.41, 5.74) is 0.342. The minimum absolute atomic E-state index is 0.250. The highest BCUT2D eigenvalue weighted by molar-refractivity contribution is 8.04. The standard InChI is InChI=1S/C8H11NO5S2/c1-6-3-4-7(10)5-8(6)16(13,14)9-15(2,11)12/h3-5,9-10H,1-2H3. The Labute approximate surface area is 94.0 Å². The Morgan fingerprint density at radius 3 is 2.25 bits per heavy atom. The predicted molar refractivity (Wildman–Crippen MR) is 58.0 cm³/mol. The van der Waals surface area contributed by atoms with Crippen LogP contribution in [0.1, 0.15) is 5.56 Å². The average Bonchev–Trinajstić information content (AvgIpc) is 2.04. The summed E-state index contributed by atoms with van der Waals surface area (Å²) in [4.78, 5) is -0.266. The molecular weight excluding hydrogens is 254 g/mol. The van der Waals surface area contributed by atoms with Crippen LogP contribution < -0.4 is 4.13 Å². The highest BCUT2D eigenvalue weighted by Gasteiger charge is 2.21. The molecule has 90 valence electrons. The van der Waals surface area contributed by atoms with Crippen molar-refractivity contribution in [3.63, 3.8) is 0 Å². The molecule has 1 aromatic carbocycles. The zero-order chi connectivity index (χ0) is 12.6. The molecule has 0 atom stereocenters. The minimum atomic E-state index is -4.17. The minimum Gasteiger partial charge on any atom is -0.508 e. The first-order valence-corrected chi connectivity index (χ1v) is 7.52. The normalized spacial score (nSPS) is 12.6. The Morgan fingerprint density at radius 2 is 1.75 bits per heavy atom. The van der Waals surface area contributed by atoms with E-state index >= 15 is 0 Å². The van der Waals surface area contributed by atoms with E-state index in [-0.39, 0.29) is 10.6 Å². The van der Waals surface area contributed by atoms with E-state index < -0.39 is 20.0 Å². The molecule has 1 aromatic rings. The van der Waals surface area contributed by atoms with E-state index in [0.29, 0.717) is 5.56 Å². The van der Waals surface area contributed by atoms with Gasteiger partial charge in [0.25, 0.3) is 10.0 Å². The van der Waals surface area contributed by atoms with Gasteiger partial charge >= 0.3 is 0 Å². The molecule has 0 saturated carbocycles. The monoisotopic (exact) mass is 265 g/mol. The molecular formula is C8H11NO5S2. The summed E-state index contributed by atoms with van der Waals surface area (Å²) >= 11 is 0. The molecule has 2 N–H and O–H groups in total. The van der Waals surface area contributed by atoms with E-state index in [1.807, 2.05) is 0 Å². The maximum Gasteiger partial charge on any atom is 0.253 e. The quantitative estimate of drug-likeness (QED) is 0.797. The summed E-state index contributed by atoms with van der Waals surface area (Å²) in [5, 5.41) is 9.16. The first-order valence-electron chi connectivity index (χ1n) is 4.15. The molecule has 0 fully saturated rings. The molecule has 0 aliphatic carbocycles. The van der Waals surface area contributed by atoms with Crippen molar-refractivity contribution in [2.75, 3.05) is 6.26 Å². The topological polar surface area (TPSA) is 101 Å². The first kappa shape index (κ1) is 12.9. The van der Waals surface area contributed by atoms with Crippen LogP contribution in [0.5, 0.6) is 5.75 Å². The van der Waals surface area contributed by atoms with E-state index in [1.165, 1.54) is 23.2 Å². The van der Waals surface area contributed by atoms with E-state index in [0.717, 1.165) is 12.3 Å². The maximum absolute atomic E-state index is 11.6. The lowest BCUT2D eigenvalue weighted by Crippen LogP contribution is -2.29. The molecule has 0 aromatic heterocycles. The number of hydrogen-bond donors (Lipinski definition) is 2. The van der Waals surface area contributed by atoms with Gasteiger partial charge in [-0.05, 0) is 18.6 Å². The molecule has 6 nitrogen and oxygen atoms in total. The van der Waals surface area contributed by atoms with E-state index in [2.05, 4.69) is 0 Å². The Hall–Kier alpha value is -1.12. The van der Waals surface area contributed by atoms with Crippen LogP contribution in [0.4, 0.5) is 0 Å². The second-order valence-electron chi connectivity index (χ2n) is 3.31. The maximum atomic E-state index is 11.6. The van der Waals surface area contributed by atoms with E-state index in [9.17, 15) is 16.8 Å². The Balaban J connectivity index is 3.33. The number of benzene rings is 1. The van der Waals surface area contributed by atoms with Crippen molar-refractivity contribution < 1.29 is 21.9 Å². The first-order chi connectivity index (χ1) is 7.12. The van der Waals surface area contributed by atoms with Crippen LogP contribution in [0.15, 0.2) is 23.1 Å². The van der Waals surface area contributed by atoms with E-state index in [4.69, 9.17) is 5.11 Å². The molecule has 0 bridgehead atoms. The molecule has 1 rings (SSSR count). The van der Waals surface area contributed by atoms with Gasteiger partial charge in [0, 0.05) is 6.07 Å². The van der Waals surface area contributed by atoms with Crippen molar-refractivity contribution in [2.45, 2.75) is 11.8 Å². The van der Waals surface area contributed by atoms with Crippen molar-refractivity contribution in [1.82, 2.24) is 4.13 Å². The third-order valence-corrected chi connectivity index (χ3v) is 4.83. The number of sulfonamides is 2. The van der Waals surface area contributed by atoms with Crippen molar-refractivity contribution in [3.05, 3.63) is 23.8 Å². The zero-order valence-corrected chi connectivity index (χ0v) is 10.3.